The Kier molecular flexibility index (Phi) is 3.78. The van der Waals surface area contributed by atoms with Gasteiger partial charge < -0.3 is 0 Å². The molecule has 0 saturated carbocycles. The van der Waals surface area contributed by atoms with Crippen LogP contribution >= 0.6 is 11.3 Å². The molecule has 0 spiro atoms. The summed E-state index contributed by atoms with van der Waals surface area (Å²) in [5.74, 6) is 0. The minimum atomic E-state index is 0.766. The van der Waals surface area contributed by atoms with Gasteiger partial charge in [0, 0.05) is 25.9 Å². The zero-order valence-electron chi connectivity index (χ0n) is 11.6. The molecule has 0 aliphatic rings. The summed E-state index contributed by atoms with van der Waals surface area (Å²) in [6, 6.07) is 14.9. The third-order valence-corrected chi connectivity index (χ3v) is 4.19. The number of nitrogens with zero attached hydrogens (tertiary/aromatic N) is 2. The van der Waals surface area contributed by atoms with Gasteiger partial charge in [-0.15, -0.1) is 11.3 Å². The van der Waals surface area contributed by atoms with E-state index in [9.17, 15) is 0 Å². The molecule has 0 unspecified atom stereocenters. The fourth-order valence-electron chi connectivity index (χ4n) is 2.18. The van der Waals surface area contributed by atoms with Gasteiger partial charge in [0.2, 0.25) is 0 Å². The molecule has 0 aliphatic heterocycles. The quantitative estimate of drug-likeness (QED) is 0.742. The summed E-state index contributed by atoms with van der Waals surface area (Å²) in [4.78, 5) is 5.72. The topological polar surface area (TPSA) is 28.2 Å². The first-order valence-corrected chi connectivity index (χ1v) is 7.39. The number of hydrogen-bond donors (Lipinski definition) is 1. The van der Waals surface area contributed by atoms with Crippen molar-refractivity contribution in [1.82, 2.24) is 15.4 Å². The molecule has 20 heavy (non-hydrogen) atoms. The maximum atomic E-state index is 4.50. The van der Waals surface area contributed by atoms with Crippen LogP contribution in [0.15, 0.2) is 48.7 Å². The summed E-state index contributed by atoms with van der Waals surface area (Å²) in [6.45, 7) is 0.766. The molecule has 0 radical (unpaired) electrons. The van der Waals surface area contributed by atoms with E-state index in [0.717, 1.165) is 11.6 Å². The van der Waals surface area contributed by atoms with E-state index < -0.39 is 0 Å². The maximum Gasteiger partial charge on any atom is 0.108 e. The second-order valence-electron chi connectivity index (χ2n) is 4.87. The smallest absolute Gasteiger partial charge is 0.108 e. The Morgan fingerprint density at radius 3 is 2.75 bits per heavy atom. The summed E-state index contributed by atoms with van der Waals surface area (Å²) in [7, 11) is 3.97. The summed E-state index contributed by atoms with van der Waals surface area (Å²) in [5.41, 5.74) is 4.51. The summed E-state index contributed by atoms with van der Waals surface area (Å²) in [5, 5.41) is 5.60. The minimum Gasteiger partial charge on any atom is -0.250 e. The lowest BCUT2D eigenvalue weighted by atomic mass is 10.0. The molecule has 0 bridgehead atoms. The number of hydrogen-bond acceptors (Lipinski definition) is 4. The molecule has 0 atom stereocenters. The first-order valence-electron chi connectivity index (χ1n) is 6.58. The molecule has 102 valence electrons. The number of nitrogens with one attached hydrogen (secondary N) is 1. The SMILES string of the molecule is CN(C)NCc1ncc(-c2cccc3ccccc23)s1. The fraction of sp³-hybridized carbons (Fsp3) is 0.188. The molecule has 0 fully saturated rings. The third-order valence-electron chi connectivity index (χ3n) is 3.16. The first kappa shape index (κ1) is 13.2. The van der Waals surface area contributed by atoms with Crippen LogP contribution in [0.25, 0.3) is 21.2 Å². The van der Waals surface area contributed by atoms with Crippen LogP contribution in [0.5, 0.6) is 0 Å². The van der Waals surface area contributed by atoms with Crippen molar-refractivity contribution in [3.05, 3.63) is 53.7 Å². The molecular weight excluding hydrogens is 266 g/mol. The number of rotatable bonds is 4. The lowest BCUT2D eigenvalue weighted by Gasteiger charge is -2.09. The zero-order valence-corrected chi connectivity index (χ0v) is 12.4. The van der Waals surface area contributed by atoms with Crippen LogP contribution in [0.1, 0.15) is 5.01 Å². The van der Waals surface area contributed by atoms with Crippen molar-refractivity contribution < 1.29 is 0 Å². The molecular formula is C16H17N3S. The van der Waals surface area contributed by atoms with Gasteiger partial charge in [0.25, 0.3) is 0 Å². The third kappa shape index (κ3) is 2.72. The highest BCUT2D eigenvalue weighted by Gasteiger charge is 2.07. The van der Waals surface area contributed by atoms with Gasteiger partial charge in [0.1, 0.15) is 5.01 Å². The van der Waals surface area contributed by atoms with Gasteiger partial charge in [-0.1, -0.05) is 42.5 Å². The largest absolute Gasteiger partial charge is 0.250 e. The van der Waals surface area contributed by atoms with Crippen LogP contribution in [0.3, 0.4) is 0 Å². The predicted octanol–water partition coefficient (Wildman–Crippen LogP) is 3.53. The molecule has 0 aliphatic carbocycles. The molecule has 3 rings (SSSR count). The Balaban J connectivity index is 1.95. The van der Waals surface area contributed by atoms with E-state index in [1.54, 1.807) is 11.3 Å². The first-order chi connectivity index (χ1) is 9.74. The van der Waals surface area contributed by atoms with Crippen LogP contribution in [0.2, 0.25) is 0 Å². The predicted molar refractivity (Wildman–Crippen MR) is 85.6 cm³/mol. The van der Waals surface area contributed by atoms with E-state index in [-0.39, 0.29) is 0 Å². The lowest BCUT2D eigenvalue weighted by Crippen LogP contribution is -2.29. The van der Waals surface area contributed by atoms with Crippen LogP contribution in [0.4, 0.5) is 0 Å². The molecule has 1 N–H and O–H groups in total. The molecule has 2 aromatic carbocycles. The van der Waals surface area contributed by atoms with Crippen LogP contribution in [-0.4, -0.2) is 24.1 Å². The molecule has 0 amide bonds. The Bertz CT molecular complexity index is 713. The van der Waals surface area contributed by atoms with Crippen molar-refractivity contribution >= 4 is 22.1 Å². The highest BCUT2D eigenvalue weighted by atomic mass is 32.1. The van der Waals surface area contributed by atoms with E-state index >= 15 is 0 Å². The second kappa shape index (κ2) is 5.71. The second-order valence-corrected chi connectivity index (χ2v) is 5.99. The Labute approximate surface area is 122 Å². The highest BCUT2D eigenvalue weighted by molar-refractivity contribution is 7.15. The molecule has 4 heteroatoms. The van der Waals surface area contributed by atoms with Crippen LogP contribution in [0, 0.1) is 0 Å². The van der Waals surface area contributed by atoms with Crippen LogP contribution < -0.4 is 5.43 Å². The van der Waals surface area contributed by atoms with Crippen molar-refractivity contribution in [2.24, 2.45) is 0 Å². The summed E-state index contributed by atoms with van der Waals surface area (Å²) < 4.78 is 0. The monoisotopic (exact) mass is 283 g/mol. The lowest BCUT2D eigenvalue weighted by molar-refractivity contribution is 0.286. The standard InChI is InChI=1S/C16H17N3S/c1-19(2)18-11-16-17-10-15(20-16)14-9-5-7-12-6-3-4-8-13(12)14/h3-10,18H,11H2,1-2H3. The Hall–Kier alpha value is -1.75. The Morgan fingerprint density at radius 1 is 1.10 bits per heavy atom. The van der Waals surface area contributed by atoms with Gasteiger partial charge in [-0.25, -0.2) is 10.4 Å². The number of aromatic nitrogens is 1. The molecule has 3 aromatic rings. The molecule has 3 nitrogen and oxygen atoms in total. The molecule has 0 saturated heterocycles. The van der Waals surface area contributed by atoms with Crippen molar-refractivity contribution in [2.75, 3.05) is 14.1 Å². The van der Waals surface area contributed by atoms with Crippen molar-refractivity contribution in [3.8, 4) is 10.4 Å². The molecule has 1 heterocycles. The summed E-state index contributed by atoms with van der Waals surface area (Å²) in [6.07, 6.45) is 1.97. The van der Waals surface area contributed by atoms with Gasteiger partial charge in [0.05, 0.1) is 11.4 Å². The van der Waals surface area contributed by atoms with Crippen LogP contribution in [-0.2, 0) is 6.54 Å². The normalized spacial score (nSPS) is 11.3. The zero-order chi connectivity index (χ0) is 13.9. The number of thiazole rings is 1. The van der Waals surface area contributed by atoms with Crippen molar-refractivity contribution in [1.29, 1.82) is 0 Å². The van der Waals surface area contributed by atoms with E-state index in [0.29, 0.717) is 0 Å². The average molecular weight is 283 g/mol. The van der Waals surface area contributed by atoms with E-state index in [4.69, 9.17) is 0 Å². The number of hydrazine groups is 1. The molecule has 1 aromatic heterocycles. The highest BCUT2D eigenvalue weighted by Crippen LogP contribution is 2.32. The average Bonchev–Trinajstić information content (AvgIpc) is 2.93. The van der Waals surface area contributed by atoms with Crippen molar-refractivity contribution in [2.45, 2.75) is 6.54 Å². The van der Waals surface area contributed by atoms with Gasteiger partial charge in [0.15, 0.2) is 0 Å². The van der Waals surface area contributed by atoms with Crippen molar-refractivity contribution in [3.63, 3.8) is 0 Å². The van der Waals surface area contributed by atoms with Gasteiger partial charge in [-0.3, -0.25) is 5.01 Å². The fourth-order valence-corrected chi connectivity index (χ4v) is 3.07. The number of fused-ring (bicyclic) bond motifs is 1. The van der Waals surface area contributed by atoms with E-state index in [2.05, 4.69) is 52.9 Å². The van der Waals surface area contributed by atoms with E-state index in [1.807, 2.05) is 25.3 Å². The number of benzene rings is 2. The Morgan fingerprint density at radius 2 is 1.90 bits per heavy atom. The maximum absolute atomic E-state index is 4.50. The minimum absolute atomic E-state index is 0.766. The van der Waals surface area contributed by atoms with Gasteiger partial charge >= 0.3 is 0 Å². The van der Waals surface area contributed by atoms with Gasteiger partial charge in [-0.05, 0) is 10.8 Å². The van der Waals surface area contributed by atoms with Gasteiger partial charge in [-0.2, -0.15) is 0 Å². The van der Waals surface area contributed by atoms with E-state index in [1.165, 1.54) is 21.2 Å². The summed E-state index contributed by atoms with van der Waals surface area (Å²) >= 11 is 1.74.